The second kappa shape index (κ2) is 8.56. The summed E-state index contributed by atoms with van der Waals surface area (Å²) in [6.45, 7) is 8.51. The molecule has 1 aromatic rings. The Morgan fingerprint density at radius 2 is 2.00 bits per heavy atom. The molecule has 1 aromatic heterocycles. The SMILES string of the molecule is CN=C(NCCCCC(C)(C)C)NCc1ccccn1. The van der Waals surface area contributed by atoms with Crippen molar-refractivity contribution >= 4 is 5.96 Å². The highest BCUT2D eigenvalue weighted by Crippen LogP contribution is 2.21. The van der Waals surface area contributed by atoms with Gasteiger partial charge in [-0.15, -0.1) is 0 Å². The third-order valence-corrected chi connectivity index (χ3v) is 3.03. The number of rotatable bonds is 6. The van der Waals surface area contributed by atoms with Crippen molar-refractivity contribution < 1.29 is 0 Å². The molecule has 1 heterocycles. The maximum Gasteiger partial charge on any atom is 0.191 e. The minimum atomic E-state index is 0.429. The Balaban J connectivity index is 2.17. The summed E-state index contributed by atoms with van der Waals surface area (Å²) in [6.07, 6.45) is 5.48. The maximum absolute atomic E-state index is 4.28. The zero-order chi connectivity index (χ0) is 14.8. The van der Waals surface area contributed by atoms with Crippen LogP contribution in [0.4, 0.5) is 0 Å². The van der Waals surface area contributed by atoms with Crippen LogP contribution in [0.3, 0.4) is 0 Å². The first-order chi connectivity index (χ1) is 9.51. The third kappa shape index (κ3) is 7.77. The summed E-state index contributed by atoms with van der Waals surface area (Å²) in [7, 11) is 1.79. The van der Waals surface area contributed by atoms with E-state index >= 15 is 0 Å². The lowest BCUT2D eigenvalue weighted by Gasteiger charge is -2.18. The standard InChI is InChI=1S/C16H28N4/c1-16(2,3)10-6-8-12-19-15(17-4)20-13-14-9-5-7-11-18-14/h5,7,9,11H,6,8,10,12-13H2,1-4H3,(H2,17,19,20). The average Bonchev–Trinajstić information content (AvgIpc) is 2.42. The van der Waals surface area contributed by atoms with E-state index in [9.17, 15) is 0 Å². The maximum atomic E-state index is 4.28. The minimum absolute atomic E-state index is 0.429. The molecule has 0 aliphatic rings. The van der Waals surface area contributed by atoms with Gasteiger partial charge in [0.15, 0.2) is 5.96 Å². The number of nitrogens with one attached hydrogen (secondary N) is 2. The fraction of sp³-hybridized carbons (Fsp3) is 0.625. The van der Waals surface area contributed by atoms with Gasteiger partial charge in [-0.05, 0) is 30.4 Å². The zero-order valence-electron chi connectivity index (χ0n) is 13.2. The lowest BCUT2D eigenvalue weighted by atomic mass is 9.90. The molecule has 0 spiro atoms. The Labute approximate surface area is 123 Å². The molecule has 0 radical (unpaired) electrons. The van der Waals surface area contributed by atoms with Crippen molar-refractivity contribution in [2.75, 3.05) is 13.6 Å². The van der Waals surface area contributed by atoms with Gasteiger partial charge in [0.2, 0.25) is 0 Å². The monoisotopic (exact) mass is 276 g/mol. The van der Waals surface area contributed by atoms with Crippen LogP contribution in [-0.4, -0.2) is 24.5 Å². The first kappa shape index (κ1) is 16.5. The number of aliphatic imine (C=N–C) groups is 1. The van der Waals surface area contributed by atoms with Crippen LogP contribution in [0.15, 0.2) is 29.4 Å². The number of nitrogens with zero attached hydrogens (tertiary/aromatic N) is 2. The van der Waals surface area contributed by atoms with Gasteiger partial charge in [0.05, 0.1) is 12.2 Å². The van der Waals surface area contributed by atoms with E-state index < -0.39 is 0 Å². The second-order valence-corrected chi connectivity index (χ2v) is 6.19. The molecule has 2 N–H and O–H groups in total. The van der Waals surface area contributed by atoms with Crippen molar-refractivity contribution in [2.24, 2.45) is 10.4 Å². The molecule has 112 valence electrons. The van der Waals surface area contributed by atoms with E-state index in [4.69, 9.17) is 0 Å². The summed E-state index contributed by atoms with van der Waals surface area (Å²) in [5.74, 6) is 0.839. The quantitative estimate of drug-likeness (QED) is 0.477. The summed E-state index contributed by atoms with van der Waals surface area (Å²) in [4.78, 5) is 8.49. The van der Waals surface area contributed by atoms with E-state index in [1.807, 2.05) is 18.2 Å². The Morgan fingerprint density at radius 3 is 2.60 bits per heavy atom. The van der Waals surface area contributed by atoms with Crippen molar-refractivity contribution in [3.8, 4) is 0 Å². The third-order valence-electron chi connectivity index (χ3n) is 3.03. The molecule has 0 aliphatic heterocycles. The van der Waals surface area contributed by atoms with Crippen molar-refractivity contribution in [1.82, 2.24) is 15.6 Å². The number of pyridine rings is 1. The molecule has 20 heavy (non-hydrogen) atoms. The molecule has 0 fully saturated rings. The molecule has 0 amide bonds. The van der Waals surface area contributed by atoms with Crippen molar-refractivity contribution in [3.63, 3.8) is 0 Å². The Morgan fingerprint density at radius 1 is 1.20 bits per heavy atom. The van der Waals surface area contributed by atoms with Crippen LogP contribution in [-0.2, 0) is 6.54 Å². The van der Waals surface area contributed by atoms with E-state index in [1.54, 1.807) is 13.2 Å². The Bertz CT molecular complexity index is 393. The number of unbranched alkanes of at least 4 members (excludes halogenated alkanes) is 1. The highest BCUT2D eigenvalue weighted by atomic mass is 15.2. The zero-order valence-corrected chi connectivity index (χ0v) is 13.2. The van der Waals surface area contributed by atoms with Gasteiger partial charge in [-0.2, -0.15) is 0 Å². The molecule has 0 saturated carbocycles. The fourth-order valence-electron chi connectivity index (χ4n) is 1.88. The van der Waals surface area contributed by atoms with Gasteiger partial charge in [0.1, 0.15) is 0 Å². The van der Waals surface area contributed by atoms with Crippen LogP contribution in [0.2, 0.25) is 0 Å². The normalized spacial score (nSPS) is 12.3. The minimum Gasteiger partial charge on any atom is -0.356 e. The predicted octanol–water partition coefficient (Wildman–Crippen LogP) is 2.96. The van der Waals surface area contributed by atoms with Crippen molar-refractivity contribution in [3.05, 3.63) is 30.1 Å². The van der Waals surface area contributed by atoms with Gasteiger partial charge in [-0.1, -0.05) is 33.3 Å². The topological polar surface area (TPSA) is 49.3 Å². The van der Waals surface area contributed by atoms with Crippen LogP contribution < -0.4 is 10.6 Å². The van der Waals surface area contributed by atoms with Gasteiger partial charge in [0, 0.05) is 19.8 Å². The largest absolute Gasteiger partial charge is 0.356 e. The van der Waals surface area contributed by atoms with E-state index in [1.165, 1.54) is 19.3 Å². The fourth-order valence-corrected chi connectivity index (χ4v) is 1.88. The van der Waals surface area contributed by atoms with Crippen LogP contribution in [0.25, 0.3) is 0 Å². The van der Waals surface area contributed by atoms with Crippen LogP contribution in [0.5, 0.6) is 0 Å². The molecule has 4 heteroatoms. The molecule has 0 aliphatic carbocycles. The average molecular weight is 276 g/mol. The second-order valence-electron chi connectivity index (χ2n) is 6.19. The summed E-state index contributed by atoms with van der Waals surface area (Å²) in [5, 5.41) is 6.61. The molecule has 0 bridgehead atoms. The Kier molecular flexibility index (Phi) is 7.05. The molecule has 0 unspecified atom stereocenters. The number of hydrogen-bond donors (Lipinski definition) is 2. The van der Waals surface area contributed by atoms with Crippen molar-refractivity contribution in [2.45, 2.75) is 46.6 Å². The molecular formula is C16H28N4. The highest BCUT2D eigenvalue weighted by molar-refractivity contribution is 5.79. The summed E-state index contributed by atoms with van der Waals surface area (Å²) in [5.41, 5.74) is 1.45. The number of aromatic nitrogens is 1. The molecule has 4 nitrogen and oxygen atoms in total. The van der Waals surface area contributed by atoms with Crippen LogP contribution in [0.1, 0.15) is 45.7 Å². The Hall–Kier alpha value is -1.58. The summed E-state index contributed by atoms with van der Waals surface area (Å²) in [6, 6.07) is 5.92. The van der Waals surface area contributed by atoms with Gasteiger partial charge in [-0.25, -0.2) is 0 Å². The van der Waals surface area contributed by atoms with E-state index in [0.29, 0.717) is 12.0 Å². The lowest BCUT2D eigenvalue weighted by molar-refractivity contribution is 0.360. The molecule has 0 saturated heterocycles. The van der Waals surface area contributed by atoms with Gasteiger partial charge >= 0.3 is 0 Å². The summed E-state index contributed by atoms with van der Waals surface area (Å²) < 4.78 is 0. The van der Waals surface area contributed by atoms with Gasteiger partial charge in [-0.3, -0.25) is 9.98 Å². The molecule has 1 rings (SSSR count). The lowest BCUT2D eigenvalue weighted by Crippen LogP contribution is -2.37. The molecule has 0 aromatic carbocycles. The summed E-state index contributed by atoms with van der Waals surface area (Å²) >= 11 is 0. The molecule has 0 atom stereocenters. The van der Waals surface area contributed by atoms with Gasteiger partial charge < -0.3 is 10.6 Å². The van der Waals surface area contributed by atoms with Gasteiger partial charge in [0.25, 0.3) is 0 Å². The number of hydrogen-bond acceptors (Lipinski definition) is 2. The highest BCUT2D eigenvalue weighted by Gasteiger charge is 2.08. The first-order valence-corrected chi connectivity index (χ1v) is 7.36. The van der Waals surface area contributed by atoms with Crippen LogP contribution in [0, 0.1) is 5.41 Å². The van der Waals surface area contributed by atoms with E-state index in [0.717, 1.165) is 18.2 Å². The molecular weight excluding hydrogens is 248 g/mol. The van der Waals surface area contributed by atoms with Crippen molar-refractivity contribution in [1.29, 1.82) is 0 Å². The van der Waals surface area contributed by atoms with Crippen LogP contribution >= 0.6 is 0 Å². The number of guanidine groups is 1. The smallest absolute Gasteiger partial charge is 0.191 e. The van der Waals surface area contributed by atoms with E-state index in [-0.39, 0.29) is 0 Å². The predicted molar refractivity (Wildman–Crippen MR) is 85.7 cm³/mol. The first-order valence-electron chi connectivity index (χ1n) is 7.36. The van der Waals surface area contributed by atoms with E-state index in [2.05, 4.69) is 41.4 Å².